The van der Waals surface area contributed by atoms with Gasteiger partial charge in [0.25, 0.3) is 0 Å². The van der Waals surface area contributed by atoms with E-state index in [1.54, 1.807) is 11.9 Å². The van der Waals surface area contributed by atoms with Gasteiger partial charge in [-0.1, -0.05) is 0 Å². The number of halogens is 3. The number of hydrogen-bond donors (Lipinski definition) is 0. The number of carbonyl (C=O) groups excluding carboxylic acids is 3. The van der Waals surface area contributed by atoms with Crippen molar-refractivity contribution in [3.63, 3.8) is 0 Å². The Labute approximate surface area is 165 Å². The predicted octanol–water partition coefficient (Wildman–Crippen LogP) is 1.42. The van der Waals surface area contributed by atoms with Gasteiger partial charge in [-0.15, -0.1) is 0 Å². The number of imide groups is 1. The summed E-state index contributed by atoms with van der Waals surface area (Å²) in [5, 5.41) is 0. The molecule has 2 fully saturated rings. The van der Waals surface area contributed by atoms with Crippen molar-refractivity contribution in [2.24, 2.45) is 0 Å². The second-order valence-corrected chi connectivity index (χ2v) is 7.06. The molecular weight excluding hydrogens is 391 g/mol. The largest absolute Gasteiger partial charge is 0.417 e. The second-order valence-electron chi connectivity index (χ2n) is 7.06. The lowest BCUT2D eigenvalue weighted by Crippen LogP contribution is -2.49. The molecule has 29 heavy (non-hydrogen) atoms. The molecule has 1 aromatic rings. The molecule has 3 heterocycles. The van der Waals surface area contributed by atoms with Crippen molar-refractivity contribution in [1.82, 2.24) is 19.7 Å². The zero-order chi connectivity index (χ0) is 21.2. The van der Waals surface area contributed by atoms with Crippen molar-refractivity contribution in [1.29, 1.82) is 0 Å². The Balaban J connectivity index is 1.44. The molecule has 0 bridgehead atoms. The van der Waals surface area contributed by atoms with Gasteiger partial charge in [0, 0.05) is 52.4 Å². The Morgan fingerprint density at radius 1 is 1.14 bits per heavy atom. The highest BCUT2D eigenvalue weighted by Gasteiger charge is 2.33. The molecule has 0 spiro atoms. The Hall–Kier alpha value is -2.85. The number of hydrogen-bond acceptors (Lipinski definition) is 5. The minimum absolute atomic E-state index is 0.0622. The van der Waals surface area contributed by atoms with Crippen molar-refractivity contribution in [3.05, 3.63) is 23.9 Å². The van der Waals surface area contributed by atoms with Crippen molar-refractivity contribution in [2.45, 2.75) is 19.0 Å². The van der Waals surface area contributed by atoms with Crippen molar-refractivity contribution in [3.8, 4) is 0 Å². The maximum absolute atomic E-state index is 12.6. The van der Waals surface area contributed by atoms with E-state index in [4.69, 9.17) is 0 Å². The second kappa shape index (κ2) is 8.26. The molecule has 0 atom stereocenters. The number of rotatable bonds is 5. The van der Waals surface area contributed by atoms with Gasteiger partial charge in [-0.25, -0.2) is 9.78 Å². The third-order valence-corrected chi connectivity index (χ3v) is 5.03. The molecule has 4 amide bonds. The molecule has 158 valence electrons. The van der Waals surface area contributed by atoms with Crippen molar-refractivity contribution in [2.75, 3.05) is 51.2 Å². The SMILES string of the molecule is CN1CC(=O)N(CCCC(=O)N2CCN(c3ccc(C(F)(F)F)cn3)CC2)C1=O. The summed E-state index contributed by atoms with van der Waals surface area (Å²) >= 11 is 0. The van der Waals surface area contributed by atoms with Gasteiger partial charge >= 0.3 is 12.2 Å². The van der Waals surface area contributed by atoms with Crippen molar-refractivity contribution < 1.29 is 27.6 Å². The third-order valence-electron chi connectivity index (χ3n) is 5.03. The number of urea groups is 1. The van der Waals surface area contributed by atoms with E-state index in [1.165, 1.54) is 11.0 Å². The van der Waals surface area contributed by atoms with Crippen LogP contribution in [0.4, 0.5) is 23.8 Å². The van der Waals surface area contributed by atoms with E-state index >= 15 is 0 Å². The molecule has 0 unspecified atom stereocenters. The van der Waals surface area contributed by atoms with E-state index < -0.39 is 11.7 Å². The van der Waals surface area contributed by atoms with E-state index in [1.807, 2.05) is 4.90 Å². The summed E-state index contributed by atoms with van der Waals surface area (Å²) in [7, 11) is 1.55. The van der Waals surface area contributed by atoms with Crippen LogP contribution in [0, 0.1) is 0 Å². The normalized spacial score (nSPS) is 18.1. The smallest absolute Gasteiger partial charge is 0.353 e. The van der Waals surface area contributed by atoms with Crippen LogP contribution in [0.15, 0.2) is 18.3 Å². The van der Waals surface area contributed by atoms with Crippen LogP contribution in [0.25, 0.3) is 0 Å². The number of anilines is 1. The van der Waals surface area contributed by atoms with E-state index in [-0.39, 0.29) is 37.4 Å². The molecule has 2 saturated heterocycles. The molecule has 11 heteroatoms. The van der Waals surface area contributed by atoms with Gasteiger partial charge in [0.15, 0.2) is 0 Å². The van der Waals surface area contributed by atoms with Crippen LogP contribution in [-0.4, -0.2) is 83.8 Å². The minimum Gasteiger partial charge on any atom is -0.353 e. The fourth-order valence-corrected chi connectivity index (χ4v) is 3.36. The predicted molar refractivity (Wildman–Crippen MR) is 97.0 cm³/mol. The fraction of sp³-hybridized carbons (Fsp3) is 0.556. The summed E-state index contributed by atoms with van der Waals surface area (Å²) in [5.74, 6) is 0.111. The summed E-state index contributed by atoms with van der Waals surface area (Å²) in [6.45, 7) is 2.09. The lowest BCUT2D eigenvalue weighted by molar-refractivity contribution is -0.138. The fourth-order valence-electron chi connectivity index (χ4n) is 3.36. The minimum atomic E-state index is -4.42. The van der Waals surface area contributed by atoms with E-state index in [9.17, 15) is 27.6 Å². The van der Waals surface area contributed by atoms with E-state index in [0.29, 0.717) is 38.4 Å². The van der Waals surface area contributed by atoms with Gasteiger partial charge in [0.05, 0.1) is 5.56 Å². The molecule has 0 saturated carbocycles. The van der Waals surface area contributed by atoms with Gasteiger partial charge in [-0.05, 0) is 18.6 Å². The highest BCUT2D eigenvalue weighted by atomic mass is 19.4. The lowest BCUT2D eigenvalue weighted by atomic mass is 10.2. The van der Waals surface area contributed by atoms with Crippen LogP contribution in [0.5, 0.6) is 0 Å². The Bertz CT molecular complexity index is 776. The average molecular weight is 413 g/mol. The van der Waals surface area contributed by atoms with Crippen molar-refractivity contribution >= 4 is 23.7 Å². The monoisotopic (exact) mass is 413 g/mol. The Morgan fingerprint density at radius 3 is 2.34 bits per heavy atom. The molecular formula is C18H22F3N5O3. The summed E-state index contributed by atoms with van der Waals surface area (Å²) in [6.07, 6.45) is -2.99. The van der Waals surface area contributed by atoms with Crippen LogP contribution in [-0.2, 0) is 15.8 Å². The number of piperazine rings is 1. The number of nitrogens with zero attached hydrogens (tertiary/aromatic N) is 5. The van der Waals surface area contributed by atoms with Crippen LogP contribution in [0.1, 0.15) is 18.4 Å². The van der Waals surface area contributed by atoms with Gasteiger partial charge in [0.1, 0.15) is 12.4 Å². The first-order valence-corrected chi connectivity index (χ1v) is 9.28. The Morgan fingerprint density at radius 2 is 1.83 bits per heavy atom. The van der Waals surface area contributed by atoms with Crippen LogP contribution in [0.3, 0.4) is 0 Å². The number of likely N-dealkylation sites (N-methyl/N-ethyl adjacent to an activating group) is 1. The van der Waals surface area contributed by atoms with Gasteiger partial charge in [0.2, 0.25) is 11.8 Å². The van der Waals surface area contributed by atoms with Crippen LogP contribution in [0.2, 0.25) is 0 Å². The molecule has 8 nitrogen and oxygen atoms in total. The standard InChI is InChI=1S/C18H22F3N5O3/c1-23-12-16(28)26(17(23)29)6-2-3-15(27)25-9-7-24(8-10-25)14-5-4-13(11-22-14)18(19,20)21/h4-5,11H,2-3,6-10,12H2,1H3. The number of aromatic nitrogens is 1. The first-order chi connectivity index (χ1) is 13.7. The van der Waals surface area contributed by atoms with Gasteiger partial charge in [-0.3, -0.25) is 14.5 Å². The highest BCUT2D eigenvalue weighted by Crippen LogP contribution is 2.29. The maximum Gasteiger partial charge on any atom is 0.417 e. The molecule has 0 aromatic carbocycles. The number of alkyl halides is 3. The molecule has 2 aliphatic rings. The summed E-state index contributed by atoms with van der Waals surface area (Å²) < 4.78 is 37.9. The molecule has 0 aliphatic carbocycles. The lowest BCUT2D eigenvalue weighted by Gasteiger charge is -2.35. The number of pyridine rings is 1. The first-order valence-electron chi connectivity index (χ1n) is 9.28. The zero-order valence-corrected chi connectivity index (χ0v) is 16.0. The maximum atomic E-state index is 12.6. The quantitative estimate of drug-likeness (QED) is 0.683. The Kier molecular flexibility index (Phi) is 5.94. The molecule has 0 N–H and O–H groups in total. The molecule has 3 rings (SSSR count). The molecule has 2 aliphatic heterocycles. The van der Waals surface area contributed by atoms with E-state index in [2.05, 4.69) is 4.98 Å². The van der Waals surface area contributed by atoms with Gasteiger partial charge in [-0.2, -0.15) is 13.2 Å². The van der Waals surface area contributed by atoms with Crippen LogP contribution < -0.4 is 4.90 Å². The summed E-state index contributed by atoms with van der Waals surface area (Å²) in [4.78, 5) is 45.8. The first kappa shape index (κ1) is 20.9. The topological polar surface area (TPSA) is 77.1 Å². The number of amides is 4. The van der Waals surface area contributed by atoms with Crippen LogP contribution >= 0.6 is 0 Å². The molecule has 0 radical (unpaired) electrons. The summed E-state index contributed by atoms with van der Waals surface area (Å²) in [5.41, 5.74) is -0.795. The number of carbonyl (C=O) groups is 3. The summed E-state index contributed by atoms with van der Waals surface area (Å²) in [6, 6.07) is 1.99. The van der Waals surface area contributed by atoms with Gasteiger partial charge < -0.3 is 14.7 Å². The third kappa shape index (κ3) is 4.77. The average Bonchev–Trinajstić information content (AvgIpc) is 2.93. The van der Waals surface area contributed by atoms with E-state index in [0.717, 1.165) is 17.2 Å². The molecule has 1 aromatic heterocycles. The zero-order valence-electron chi connectivity index (χ0n) is 16.0. The highest BCUT2D eigenvalue weighted by molar-refractivity contribution is 6.01.